The summed E-state index contributed by atoms with van der Waals surface area (Å²) >= 11 is 0. The average Bonchev–Trinajstić information content (AvgIpc) is 2.53. The second-order valence-electron chi connectivity index (χ2n) is 8.33. The zero-order valence-electron chi connectivity index (χ0n) is 14.5. The Morgan fingerprint density at radius 1 is 1.21 bits per heavy atom. The van der Waals surface area contributed by atoms with Crippen LogP contribution in [0.5, 0.6) is 0 Å². The molecule has 0 radical (unpaired) electrons. The van der Waals surface area contributed by atoms with Gasteiger partial charge in [-0.15, -0.1) is 0 Å². The van der Waals surface area contributed by atoms with Crippen molar-refractivity contribution in [2.24, 2.45) is 0 Å². The first kappa shape index (κ1) is 16.9. The molecule has 19 heavy (non-hydrogen) atoms. The molecule has 0 aliphatic carbocycles. The summed E-state index contributed by atoms with van der Waals surface area (Å²) in [4.78, 5) is 5.11. The molecule has 3 heteroatoms. The Balaban J connectivity index is 2.73. The van der Waals surface area contributed by atoms with E-state index in [4.69, 9.17) is 4.74 Å². The summed E-state index contributed by atoms with van der Waals surface area (Å²) in [5.41, 5.74) is 0.429. The molecule has 3 nitrogen and oxygen atoms in total. The Hall–Kier alpha value is -0.120. The Labute approximate surface area is 120 Å². The molecule has 1 aliphatic heterocycles. The highest BCUT2D eigenvalue weighted by Gasteiger charge is 2.45. The van der Waals surface area contributed by atoms with E-state index in [1.54, 1.807) is 7.11 Å². The molecule has 0 spiro atoms. The number of methoxy groups -OCH3 is 1. The maximum absolute atomic E-state index is 5.56. The van der Waals surface area contributed by atoms with Crippen LogP contribution in [0.15, 0.2) is 0 Å². The standard InChI is InChI=1S/C16H34N2O/c1-14(2,3)18-11-13(10-15(18,4)5)17(8)12-16(6,7)19-9/h13H,10-12H2,1-9H3. The van der Waals surface area contributed by atoms with Crippen molar-refractivity contribution in [3.8, 4) is 0 Å². The lowest BCUT2D eigenvalue weighted by Gasteiger charge is -2.42. The maximum atomic E-state index is 5.56. The van der Waals surface area contributed by atoms with E-state index in [-0.39, 0.29) is 16.7 Å². The second kappa shape index (κ2) is 5.34. The van der Waals surface area contributed by atoms with Gasteiger partial charge in [0.2, 0.25) is 0 Å². The number of rotatable bonds is 4. The van der Waals surface area contributed by atoms with Crippen LogP contribution < -0.4 is 0 Å². The maximum Gasteiger partial charge on any atom is 0.0749 e. The number of ether oxygens (including phenoxy) is 1. The van der Waals surface area contributed by atoms with Crippen LogP contribution >= 0.6 is 0 Å². The molecule has 0 saturated carbocycles. The third-order valence-corrected chi connectivity index (χ3v) is 4.48. The predicted octanol–water partition coefficient (Wildman–Crippen LogP) is 2.99. The minimum Gasteiger partial charge on any atom is -0.377 e. The van der Waals surface area contributed by atoms with Crippen molar-refractivity contribution in [2.45, 2.75) is 77.6 Å². The van der Waals surface area contributed by atoms with Crippen LogP contribution in [-0.2, 0) is 4.74 Å². The highest BCUT2D eigenvalue weighted by atomic mass is 16.5. The first-order valence-corrected chi connectivity index (χ1v) is 7.42. The van der Waals surface area contributed by atoms with Gasteiger partial charge in [0.15, 0.2) is 0 Å². The van der Waals surface area contributed by atoms with Crippen molar-refractivity contribution in [1.29, 1.82) is 0 Å². The number of hydrogen-bond acceptors (Lipinski definition) is 3. The Bertz CT molecular complexity index is 304. The molecule has 1 saturated heterocycles. The fraction of sp³-hybridized carbons (Fsp3) is 1.00. The molecule has 1 rings (SSSR count). The summed E-state index contributed by atoms with van der Waals surface area (Å²) < 4.78 is 5.56. The molecule has 1 heterocycles. The van der Waals surface area contributed by atoms with Crippen LogP contribution in [0, 0.1) is 0 Å². The lowest BCUT2D eigenvalue weighted by molar-refractivity contribution is -0.0106. The summed E-state index contributed by atoms with van der Waals surface area (Å²) in [6, 6.07) is 0.614. The summed E-state index contributed by atoms with van der Waals surface area (Å²) in [5, 5.41) is 0. The molecule has 1 fully saturated rings. The van der Waals surface area contributed by atoms with Gasteiger partial charge >= 0.3 is 0 Å². The molecule has 0 N–H and O–H groups in total. The second-order valence-corrected chi connectivity index (χ2v) is 8.33. The highest BCUT2D eigenvalue weighted by molar-refractivity contribution is 5.01. The fourth-order valence-electron chi connectivity index (χ4n) is 3.48. The van der Waals surface area contributed by atoms with Gasteiger partial charge in [0.1, 0.15) is 0 Å². The molecular formula is C16H34N2O. The summed E-state index contributed by atoms with van der Waals surface area (Å²) in [7, 11) is 4.03. The van der Waals surface area contributed by atoms with Gasteiger partial charge in [-0.25, -0.2) is 0 Å². The monoisotopic (exact) mass is 270 g/mol. The van der Waals surface area contributed by atoms with Crippen LogP contribution in [-0.4, -0.2) is 59.8 Å². The topological polar surface area (TPSA) is 15.7 Å². The van der Waals surface area contributed by atoms with Crippen molar-refractivity contribution < 1.29 is 4.74 Å². The molecule has 1 aliphatic rings. The van der Waals surface area contributed by atoms with Crippen LogP contribution in [0.1, 0.15) is 54.9 Å². The fourth-order valence-corrected chi connectivity index (χ4v) is 3.48. The van der Waals surface area contributed by atoms with E-state index >= 15 is 0 Å². The molecular weight excluding hydrogens is 236 g/mol. The van der Waals surface area contributed by atoms with Crippen molar-refractivity contribution in [1.82, 2.24) is 9.80 Å². The van der Waals surface area contributed by atoms with Gasteiger partial charge in [0.25, 0.3) is 0 Å². The van der Waals surface area contributed by atoms with E-state index in [0.29, 0.717) is 6.04 Å². The molecule has 1 unspecified atom stereocenters. The molecule has 0 aromatic heterocycles. The van der Waals surface area contributed by atoms with E-state index < -0.39 is 0 Å². The van der Waals surface area contributed by atoms with Gasteiger partial charge < -0.3 is 4.74 Å². The largest absolute Gasteiger partial charge is 0.377 e. The lowest BCUT2D eigenvalue weighted by Crippen LogP contribution is -2.50. The Morgan fingerprint density at radius 2 is 1.74 bits per heavy atom. The van der Waals surface area contributed by atoms with Gasteiger partial charge in [-0.3, -0.25) is 9.80 Å². The van der Waals surface area contributed by atoms with E-state index in [2.05, 4.69) is 65.3 Å². The van der Waals surface area contributed by atoms with Crippen LogP contribution in [0.3, 0.4) is 0 Å². The Kier molecular flexibility index (Phi) is 4.76. The van der Waals surface area contributed by atoms with E-state index in [0.717, 1.165) is 13.1 Å². The minimum atomic E-state index is -0.0754. The van der Waals surface area contributed by atoms with Crippen molar-refractivity contribution >= 4 is 0 Å². The molecule has 0 aromatic carbocycles. The van der Waals surface area contributed by atoms with Gasteiger partial charge in [-0.2, -0.15) is 0 Å². The van der Waals surface area contributed by atoms with E-state index in [1.807, 2.05) is 0 Å². The quantitative estimate of drug-likeness (QED) is 0.781. The normalized spacial score (nSPS) is 25.3. The third-order valence-electron chi connectivity index (χ3n) is 4.48. The highest BCUT2D eigenvalue weighted by Crippen LogP contribution is 2.36. The smallest absolute Gasteiger partial charge is 0.0749 e. The van der Waals surface area contributed by atoms with Crippen LogP contribution in [0.4, 0.5) is 0 Å². The molecule has 0 bridgehead atoms. The van der Waals surface area contributed by atoms with E-state index in [1.165, 1.54) is 6.42 Å². The first-order chi connectivity index (χ1) is 8.39. The van der Waals surface area contributed by atoms with Crippen molar-refractivity contribution in [3.63, 3.8) is 0 Å². The van der Waals surface area contributed by atoms with Gasteiger partial charge in [-0.1, -0.05) is 0 Å². The number of nitrogens with zero attached hydrogens (tertiary/aromatic N) is 2. The molecule has 1 atom stereocenters. The summed E-state index contributed by atoms with van der Waals surface area (Å²) in [6.07, 6.45) is 1.22. The zero-order chi connectivity index (χ0) is 15.1. The summed E-state index contributed by atoms with van der Waals surface area (Å²) in [6.45, 7) is 18.1. The van der Waals surface area contributed by atoms with Gasteiger partial charge in [-0.05, 0) is 61.9 Å². The van der Waals surface area contributed by atoms with Gasteiger partial charge in [0, 0.05) is 37.3 Å². The number of likely N-dealkylation sites (tertiary alicyclic amines) is 1. The van der Waals surface area contributed by atoms with Crippen molar-refractivity contribution in [2.75, 3.05) is 27.2 Å². The zero-order valence-corrected chi connectivity index (χ0v) is 14.5. The number of hydrogen-bond donors (Lipinski definition) is 0. The molecule has 0 aromatic rings. The van der Waals surface area contributed by atoms with Crippen LogP contribution in [0.2, 0.25) is 0 Å². The minimum absolute atomic E-state index is 0.0754. The van der Waals surface area contributed by atoms with E-state index in [9.17, 15) is 0 Å². The van der Waals surface area contributed by atoms with Crippen LogP contribution in [0.25, 0.3) is 0 Å². The third kappa shape index (κ3) is 4.17. The number of likely N-dealkylation sites (N-methyl/N-ethyl adjacent to an activating group) is 1. The lowest BCUT2D eigenvalue weighted by atomic mass is 9.95. The summed E-state index contributed by atoms with van der Waals surface area (Å²) in [5.74, 6) is 0. The van der Waals surface area contributed by atoms with Gasteiger partial charge in [0.05, 0.1) is 5.60 Å². The molecule has 0 amide bonds. The SMILES string of the molecule is COC(C)(C)CN(C)C1CN(C(C)(C)C)C(C)(C)C1. The average molecular weight is 270 g/mol. The first-order valence-electron chi connectivity index (χ1n) is 7.42. The Morgan fingerprint density at radius 3 is 2.11 bits per heavy atom. The predicted molar refractivity (Wildman–Crippen MR) is 82.7 cm³/mol. The molecule has 114 valence electrons. The van der Waals surface area contributed by atoms with Crippen molar-refractivity contribution in [3.05, 3.63) is 0 Å².